The summed E-state index contributed by atoms with van der Waals surface area (Å²) in [5, 5.41) is 21.4. The van der Waals surface area contributed by atoms with E-state index in [1.54, 1.807) is 0 Å². The third kappa shape index (κ3) is 2.65. The summed E-state index contributed by atoms with van der Waals surface area (Å²) in [6.45, 7) is 0.176. The topological polar surface area (TPSA) is 69.6 Å². The zero-order valence-electron chi connectivity index (χ0n) is 9.74. The first kappa shape index (κ1) is 13.7. The molecule has 19 heavy (non-hydrogen) atoms. The Morgan fingerprint density at radius 3 is 2.58 bits per heavy atom. The second-order valence-corrected chi connectivity index (χ2v) is 4.47. The fraction of sp³-hybridized carbons (Fsp3) is 0.417. The van der Waals surface area contributed by atoms with Crippen LogP contribution in [0.5, 0.6) is 5.75 Å². The molecule has 3 N–H and O–H groups in total. The minimum atomic E-state index is -4.63. The Hall–Kier alpha value is -1.76. The Kier molecular flexibility index (Phi) is 3.40. The maximum absolute atomic E-state index is 12.6. The van der Waals surface area contributed by atoms with Gasteiger partial charge in [-0.25, -0.2) is 0 Å². The molecule has 0 aliphatic carbocycles. The number of aliphatic carboxylic acids is 1. The van der Waals surface area contributed by atoms with E-state index in [2.05, 4.69) is 5.32 Å². The first-order chi connectivity index (χ1) is 8.80. The summed E-state index contributed by atoms with van der Waals surface area (Å²) in [6.07, 6.45) is -4.48. The SMILES string of the molecule is O=C(O)C1CNC(c2cccc(C(F)(F)F)c2O)C1. The van der Waals surface area contributed by atoms with E-state index >= 15 is 0 Å². The van der Waals surface area contributed by atoms with Crippen molar-refractivity contribution in [1.82, 2.24) is 5.32 Å². The van der Waals surface area contributed by atoms with Gasteiger partial charge >= 0.3 is 12.1 Å². The Morgan fingerprint density at radius 1 is 1.37 bits per heavy atom. The number of phenolic OH excluding ortho intramolecular Hbond substituents is 1. The highest BCUT2D eigenvalue weighted by molar-refractivity contribution is 5.71. The molecule has 104 valence electrons. The van der Waals surface area contributed by atoms with Gasteiger partial charge in [0.25, 0.3) is 0 Å². The highest BCUT2D eigenvalue weighted by Gasteiger charge is 2.37. The fourth-order valence-corrected chi connectivity index (χ4v) is 2.23. The van der Waals surface area contributed by atoms with Crippen molar-refractivity contribution in [3.63, 3.8) is 0 Å². The molecule has 4 nitrogen and oxygen atoms in total. The summed E-state index contributed by atoms with van der Waals surface area (Å²) in [7, 11) is 0. The second kappa shape index (κ2) is 4.73. The molecule has 0 radical (unpaired) electrons. The fourth-order valence-electron chi connectivity index (χ4n) is 2.23. The van der Waals surface area contributed by atoms with E-state index in [0.717, 1.165) is 6.07 Å². The minimum absolute atomic E-state index is 0.0820. The number of rotatable bonds is 2. The zero-order chi connectivity index (χ0) is 14.2. The lowest BCUT2D eigenvalue weighted by Crippen LogP contribution is -2.17. The van der Waals surface area contributed by atoms with E-state index < -0.39 is 35.4 Å². The van der Waals surface area contributed by atoms with Crippen LogP contribution in [0.4, 0.5) is 13.2 Å². The van der Waals surface area contributed by atoms with Crippen LogP contribution in [-0.4, -0.2) is 22.7 Å². The van der Waals surface area contributed by atoms with Gasteiger partial charge in [-0.05, 0) is 12.5 Å². The molecule has 7 heteroatoms. The average Bonchev–Trinajstić information content (AvgIpc) is 2.77. The number of carboxylic acids is 1. The number of nitrogens with one attached hydrogen (secondary N) is 1. The number of benzene rings is 1. The van der Waals surface area contributed by atoms with Crippen molar-refractivity contribution >= 4 is 5.97 Å². The first-order valence-electron chi connectivity index (χ1n) is 5.66. The van der Waals surface area contributed by atoms with E-state index in [4.69, 9.17) is 5.11 Å². The van der Waals surface area contributed by atoms with Gasteiger partial charge in [0.2, 0.25) is 0 Å². The van der Waals surface area contributed by atoms with Crippen LogP contribution in [0, 0.1) is 5.92 Å². The van der Waals surface area contributed by atoms with E-state index in [-0.39, 0.29) is 18.5 Å². The predicted octanol–water partition coefficient (Wildman–Crippen LogP) is 2.15. The molecule has 1 aromatic rings. The molecule has 1 aliphatic rings. The molecule has 2 rings (SSSR count). The van der Waals surface area contributed by atoms with Gasteiger partial charge in [-0.15, -0.1) is 0 Å². The van der Waals surface area contributed by atoms with E-state index in [0.29, 0.717) is 0 Å². The predicted molar refractivity (Wildman–Crippen MR) is 59.6 cm³/mol. The molecule has 1 heterocycles. The van der Waals surface area contributed by atoms with Crippen LogP contribution >= 0.6 is 0 Å². The number of phenols is 1. The normalized spacial score (nSPS) is 23.5. The van der Waals surface area contributed by atoms with Crippen LogP contribution in [-0.2, 0) is 11.0 Å². The van der Waals surface area contributed by atoms with Crippen molar-refractivity contribution in [1.29, 1.82) is 0 Å². The summed E-state index contributed by atoms with van der Waals surface area (Å²) in [6, 6.07) is 2.78. The van der Waals surface area contributed by atoms with Gasteiger partial charge in [0, 0.05) is 18.2 Å². The maximum Gasteiger partial charge on any atom is 0.419 e. The summed E-state index contributed by atoms with van der Waals surface area (Å²) in [5.41, 5.74) is -1.02. The number of carbonyl (C=O) groups is 1. The van der Waals surface area contributed by atoms with Gasteiger partial charge in [0.05, 0.1) is 11.5 Å². The molecule has 0 spiro atoms. The van der Waals surface area contributed by atoms with Gasteiger partial charge in [0.15, 0.2) is 0 Å². The lowest BCUT2D eigenvalue weighted by molar-refractivity contribution is -0.141. The van der Waals surface area contributed by atoms with Crippen molar-refractivity contribution in [3.8, 4) is 5.75 Å². The second-order valence-electron chi connectivity index (χ2n) is 4.47. The van der Waals surface area contributed by atoms with Crippen LogP contribution in [0.1, 0.15) is 23.6 Å². The molecule has 1 fully saturated rings. The molecular weight excluding hydrogens is 263 g/mol. The highest BCUT2D eigenvalue weighted by Crippen LogP contribution is 2.41. The molecule has 2 unspecified atom stereocenters. The van der Waals surface area contributed by atoms with Gasteiger partial charge in [-0.1, -0.05) is 12.1 Å². The molecule has 0 saturated carbocycles. The quantitative estimate of drug-likeness (QED) is 0.773. The zero-order valence-corrected chi connectivity index (χ0v) is 9.74. The van der Waals surface area contributed by atoms with Crippen molar-refractivity contribution in [3.05, 3.63) is 29.3 Å². The Bertz CT molecular complexity index is 501. The van der Waals surface area contributed by atoms with Crippen molar-refractivity contribution in [2.75, 3.05) is 6.54 Å². The number of carboxylic acid groups (broad SMARTS) is 1. The Morgan fingerprint density at radius 2 is 2.05 bits per heavy atom. The van der Waals surface area contributed by atoms with E-state index in [9.17, 15) is 23.1 Å². The number of hydrogen-bond donors (Lipinski definition) is 3. The number of para-hydroxylation sites is 1. The van der Waals surface area contributed by atoms with Crippen LogP contribution in [0.15, 0.2) is 18.2 Å². The van der Waals surface area contributed by atoms with Crippen molar-refractivity contribution in [2.45, 2.75) is 18.6 Å². The molecule has 1 aliphatic heterocycles. The first-order valence-corrected chi connectivity index (χ1v) is 5.66. The number of aromatic hydroxyl groups is 1. The van der Waals surface area contributed by atoms with Crippen LogP contribution < -0.4 is 5.32 Å². The van der Waals surface area contributed by atoms with Crippen LogP contribution in [0.3, 0.4) is 0 Å². The molecule has 2 atom stereocenters. The van der Waals surface area contributed by atoms with Gasteiger partial charge < -0.3 is 15.5 Å². The third-order valence-electron chi connectivity index (χ3n) is 3.23. The van der Waals surface area contributed by atoms with Crippen LogP contribution in [0.2, 0.25) is 0 Å². The highest BCUT2D eigenvalue weighted by atomic mass is 19.4. The Labute approximate surface area is 106 Å². The van der Waals surface area contributed by atoms with Crippen LogP contribution in [0.25, 0.3) is 0 Å². The third-order valence-corrected chi connectivity index (χ3v) is 3.23. The van der Waals surface area contributed by atoms with Gasteiger partial charge in [-0.3, -0.25) is 4.79 Å². The van der Waals surface area contributed by atoms with Gasteiger partial charge in [-0.2, -0.15) is 13.2 Å². The smallest absolute Gasteiger partial charge is 0.419 e. The molecular formula is C12H12F3NO3. The van der Waals surface area contributed by atoms with E-state index in [1.807, 2.05) is 0 Å². The summed E-state index contributed by atoms with van der Waals surface area (Å²) in [4.78, 5) is 10.8. The van der Waals surface area contributed by atoms with E-state index in [1.165, 1.54) is 12.1 Å². The summed E-state index contributed by atoms with van der Waals surface area (Å²) >= 11 is 0. The average molecular weight is 275 g/mol. The molecule has 0 bridgehead atoms. The minimum Gasteiger partial charge on any atom is -0.507 e. The molecule has 1 aromatic carbocycles. The lowest BCUT2D eigenvalue weighted by atomic mass is 9.97. The largest absolute Gasteiger partial charge is 0.507 e. The Balaban J connectivity index is 2.30. The standard InChI is InChI=1S/C12H12F3NO3/c13-12(14,15)8-3-1-2-7(10(8)17)9-4-6(5-16-9)11(18)19/h1-3,6,9,16-17H,4-5H2,(H,18,19). The monoisotopic (exact) mass is 275 g/mol. The van der Waals surface area contributed by atoms with Gasteiger partial charge in [0.1, 0.15) is 5.75 Å². The molecule has 1 saturated heterocycles. The molecule has 0 amide bonds. The summed E-state index contributed by atoms with van der Waals surface area (Å²) in [5.74, 6) is -2.49. The lowest BCUT2D eigenvalue weighted by Gasteiger charge is -2.16. The van der Waals surface area contributed by atoms with Crippen molar-refractivity contribution in [2.24, 2.45) is 5.92 Å². The molecule has 0 aromatic heterocycles. The number of alkyl halides is 3. The number of halogens is 3. The van der Waals surface area contributed by atoms with Crippen molar-refractivity contribution < 1.29 is 28.2 Å². The number of hydrogen-bond acceptors (Lipinski definition) is 3. The summed E-state index contributed by atoms with van der Waals surface area (Å²) < 4.78 is 37.9. The maximum atomic E-state index is 12.6.